The molecular weight excluding hydrogens is 204 g/mol. The highest BCUT2D eigenvalue weighted by atomic mass is 16.5. The van der Waals surface area contributed by atoms with E-state index in [0.29, 0.717) is 0 Å². The van der Waals surface area contributed by atoms with Crippen molar-refractivity contribution in [1.82, 2.24) is 15.5 Å². The quantitative estimate of drug-likeness (QED) is 0.793. The molecule has 1 aliphatic rings. The molecule has 88 valence electrons. The van der Waals surface area contributed by atoms with E-state index in [1.54, 1.807) is 6.20 Å². The van der Waals surface area contributed by atoms with Crippen LogP contribution in [0.4, 0.5) is 5.82 Å². The van der Waals surface area contributed by atoms with E-state index in [2.05, 4.69) is 27.3 Å². The van der Waals surface area contributed by atoms with Crippen LogP contribution in [0.25, 0.3) is 0 Å². The molecule has 1 unspecified atom stereocenters. The molecule has 0 spiro atoms. The summed E-state index contributed by atoms with van der Waals surface area (Å²) in [5, 5.41) is 11.3. The molecule has 1 saturated heterocycles. The topological polar surface area (TPSA) is 50.3 Å². The maximum atomic E-state index is 5.68. The van der Waals surface area contributed by atoms with Crippen LogP contribution in [0.2, 0.25) is 0 Å². The van der Waals surface area contributed by atoms with Crippen molar-refractivity contribution in [2.45, 2.75) is 13.0 Å². The fraction of sp³-hybridized carbons (Fsp3) is 0.636. The minimum absolute atomic E-state index is 0.246. The molecule has 16 heavy (non-hydrogen) atoms. The van der Waals surface area contributed by atoms with E-state index in [0.717, 1.165) is 38.6 Å². The molecule has 0 aliphatic carbocycles. The van der Waals surface area contributed by atoms with Gasteiger partial charge in [-0.2, -0.15) is 5.10 Å². The van der Waals surface area contributed by atoms with Crippen LogP contribution in [0.5, 0.6) is 0 Å². The molecule has 2 rings (SSSR count). The van der Waals surface area contributed by atoms with Crippen LogP contribution in [0.3, 0.4) is 0 Å². The van der Waals surface area contributed by atoms with E-state index < -0.39 is 0 Å². The van der Waals surface area contributed by atoms with E-state index in [1.807, 2.05) is 12.1 Å². The number of morpholine rings is 1. The van der Waals surface area contributed by atoms with Crippen LogP contribution in [0.1, 0.15) is 6.92 Å². The van der Waals surface area contributed by atoms with Gasteiger partial charge >= 0.3 is 0 Å². The van der Waals surface area contributed by atoms with E-state index in [4.69, 9.17) is 4.74 Å². The average Bonchev–Trinajstić information content (AvgIpc) is 2.38. The zero-order valence-electron chi connectivity index (χ0n) is 9.59. The Morgan fingerprint density at radius 2 is 2.56 bits per heavy atom. The lowest BCUT2D eigenvalue weighted by atomic mass is 10.2. The van der Waals surface area contributed by atoms with Gasteiger partial charge in [-0.3, -0.25) is 0 Å². The Morgan fingerprint density at radius 3 is 3.19 bits per heavy atom. The van der Waals surface area contributed by atoms with E-state index in [9.17, 15) is 0 Å². The Hall–Kier alpha value is -1.20. The van der Waals surface area contributed by atoms with Gasteiger partial charge in [0, 0.05) is 32.4 Å². The van der Waals surface area contributed by atoms with Crippen molar-refractivity contribution in [2.24, 2.45) is 0 Å². The summed E-state index contributed by atoms with van der Waals surface area (Å²) in [6.45, 7) is 6.55. The fourth-order valence-electron chi connectivity index (χ4n) is 1.83. The van der Waals surface area contributed by atoms with Gasteiger partial charge in [-0.1, -0.05) is 0 Å². The monoisotopic (exact) mass is 222 g/mol. The first kappa shape index (κ1) is 11.3. The number of rotatable bonds is 4. The van der Waals surface area contributed by atoms with Gasteiger partial charge < -0.3 is 15.0 Å². The standard InChI is InChI=1S/C11H18N4O/c1-2-15(11-4-3-5-13-14-11)9-10-8-12-6-7-16-10/h3-5,10,12H,2,6-9H2,1H3. The van der Waals surface area contributed by atoms with Crippen LogP contribution in [-0.2, 0) is 4.74 Å². The van der Waals surface area contributed by atoms with Crippen molar-refractivity contribution in [3.63, 3.8) is 0 Å². The van der Waals surface area contributed by atoms with Crippen LogP contribution in [0, 0.1) is 0 Å². The van der Waals surface area contributed by atoms with Crippen molar-refractivity contribution in [3.05, 3.63) is 18.3 Å². The molecular formula is C11H18N4O. The van der Waals surface area contributed by atoms with Crippen LogP contribution >= 0.6 is 0 Å². The van der Waals surface area contributed by atoms with Crippen LogP contribution < -0.4 is 10.2 Å². The molecule has 1 aromatic rings. The number of anilines is 1. The zero-order valence-corrected chi connectivity index (χ0v) is 9.59. The first-order chi connectivity index (χ1) is 7.90. The normalized spacial score (nSPS) is 20.7. The second-order valence-corrected chi connectivity index (χ2v) is 3.82. The fourth-order valence-corrected chi connectivity index (χ4v) is 1.83. The summed E-state index contributed by atoms with van der Waals surface area (Å²) < 4.78 is 5.68. The highest BCUT2D eigenvalue weighted by Crippen LogP contribution is 2.09. The number of nitrogens with one attached hydrogen (secondary N) is 1. The molecule has 1 atom stereocenters. The van der Waals surface area contributed by atoms with Gasteiger partial charge in [0.1, 0.15) is 0 Å². The van der Waals surface area contributed by atoms with Gasteiger partial charge in [-0.05, 0) is 19.1 Å². The Bertz CT molecular complexity index is 300. The largest absolute Gasteiger partial charge is 0.374 e. The van der Waals surface area contributed by atoms with Crippen molar-refractivity contribution in [3.8, 4) is 0 Å². The summed E-state index contributed by atoms with van der Waals surface area (Å²) in [4.78, 5) is 2.19. The first-order valence-corrected chi connectivity index (χ1v) is 5.75. The molecule has 5 heteroatoms. The Kier molecular flexibility index (Phi) is 4.07. The van der Waals surface area contributed by atoms with Gasteiger partial charge in [-0.25, -0.2) is 0 Å². The second-order valence-electron chi connectivity index (χ2n) is 3.82. The van der Waals surface area contributed by atoms with E-state index >= 15 is 0 Å². The van der Waals surface area contributed by atoms with Gasteiger partial charge in [0.2, 0.25) is 0 Å². The minimum atomic E-state index is 0.246. The van der Waals surface area contributed by atoms with Crippen molar-refractivity contribution < 1.29 is 4.74 Å². The predicted molar refractivity (Wildman–Crippen MR) is 62.5 cm³/mol. The lowest BCUT2D eigenvalue weighted by Gasteiger charge is -2.29. The highest BCUT2D eigenvalue weighted by Gasteiger charge is 2.17. The SMILES string of the molecule is CCN(CC1CNCCO1)c1cccnn1. The molecule has 1 aromatic heterocycles. The lowest BCUT2D eigenvalue weighted by Crippen LogP contribution is -2.45. The van der Waals surface area contributed by atoms with Crippen molar-refractivity contribution >= 4 is 5.82 Å². The molecule has 0 radical (unpaired) electrons. The average molecular weight is 222 g/mol. The maximum Gasteiger partial charge on any atom is 0.151 e. The summed E-state index contributed by atoms with van der Waals surface area (Å²) in [5.41, 5.74) is 0. The van der Waals surface area contributed by atoms with Gasteiger partial charge in [0.05, 0.1) is 12.7 Å². The van der Waals surface area contributed by atoms with Crippen LogP contribution in [0.15, 0.2) is 18.3 Å². The van der Waals surface area contributed by atoms with E-state index in [-0.39, 0.29) is 6.10 Å². The zero-order chi connectivity index (χ0) is 11.2. The number of likely N-dealkylation sites (N-methyl/N-ethyl adjacent to an activating group) is 1. The second kappa shape index (κ2) is 5.77. The molecule has 1 fully saturated rings. The lowest BCUT2D eigenvalue weighted by molar-refractivity contribution is 0.0334. The molecule has 0 aromatic carbocycles. The van der Waals surface area contributed by atoms with Crippen LogP contribution in [-0.4, -0.2) is 49.1 Å². The van der Waals surface area contributed by atoms with Gasteiger partial charge in [0.25, 0.3) is 0 Å². The Balaban J connectivity index is 1.94. The summed E-state index contributed by atoms with van der Waals surface area (Å²) in [5.74, 6) is 0.916. The summed E-state index contributed by atoms with van der Waals surface area (Å²) in [6.07, 6.45) is 1.94. The highest BCUT2D eigenvalue weighted by molar-refractivity contribution is 5.36. The number of hydrogen-bond donors (Lipinski definition) is 1. The minimum Gasteiger partial charge on any atom is -0.374 e. The van der Waals surface area contributed by atoms with Crippen molar-refractivity contribution in [1.29, 1.82) is 0 Å². The predicted octanol–water partition coefficient (Wildman–Crippen LogP) is 0.291. The number of aromatic nitrogens is 2. The molecule has 0 saturated carbocycles. The number of hydrogen-bond acceptors (Lipinski definition) is 5. The van der Waals surface area contributed by atoms with E-state index in [1.165, 1.54) is 0 Å². The Labute approximate surface area is 95.8 Å². The number of nitrogens with zero attached hydrogens (tertiary/aromatic N) is 3. The third kappa shape index (κ3) is 2.90. The Morgan fingerprint density at radius 1 is 1.62 bits per heavy atom. The molecule has 2 heterocycles. The third-order valence-corrected chi connectivity index (χ3v) is 2.69. The summed E-state index contributed by atoms with van der Waals surface area (Å²) in [6, 6.07) is 3.89. The summed E-state index contributed by atoms with van der Waals surface area (Å²) >= 11 is 0. The molecule has 1 N–H and O–H groups in total. The molecule has 0 bridgehead atoms. The summed E-state index contributed by atoms with van der Waals surface area (Å²) in [7, 11) is 0. The van der Waals surface area contributed by atoms with Gasteiger partial charge in [0.15, 0.2) is 5.82 Å². The number of ether oxygens (including phenoxy) is 1. The smallest absolute Gasteiger partial charge is 0.151 e. The maximum absolute atomic E-state index is 5.68. The third-order valence-electron chi connectivity index (χ3n) is 2.69. The van der Waals surface area contributed by atoms with Crippen molar-refractivity contribution in [2.75, 3.05) is 37.7 Å². The first-order valence-electron chi connectivity index (χ1n) is 5.75. The van der Waals surface area contributed by atoms with Gasteiger partial charge in [-0.15, -0.1) is 5.10 Å². The molecule has 1 aliphatic heterocycles. The molecule has 0 amide bonds. The molecule has 5 nitrogen and oxygen atoms in total.